The van der Waals surface area contributed by atoms with E-state index in [1.807, 2.05) is 0 Å². The maximum atomic E-state index is 12.4. The Bertz CT molecular complexity index is 432. The second kappa shape index (κ2) is 4.03. The van der Waals surface area contributed by atoms with E-state index in [-0.39, 0.29) is 29.9 Å². The SMILES string of the molecule is CC(C)[C@H](C(=O)O)N1C(=O)[C@@H]2[C@@H](C1=O)[C@@H]1CC[C@@H]2O1. The van der Waals surface area contributed by atoms with Crippen molar-refractivity contribution < 1.29 is 24.2 Å². The lowest BCUT2D eigenvalue weighted by atomic mass is 9.81. The van der Waals surface area contributed by atoms with Crippen LogP contribution < -0.4 is 0 Å². The van der Waals surface area contributed by atoms with Crippen LogP contribution in [-0.4, -0.2) is 46.0 Å². The molecule has 3 rings (SSSR count). The summed E-state index contributed by atoms with van der Waals surface area (Å²) >= 11 is 0. The third-order valence-corrected chi connectivity index (χ3v) is 4.48. The van der Waals surface area contributed by atoms with E-state index in [1.54, 1.807) is 13.8 Å². The van der Waals surface area contributed by atoms with E-state index >= 15 is 0 Å². The zero-order chi connectivity index (χ0) is 13.9. The molecule has 0 unspecified atom stereocenters. The van der Waals surface area contributed by atoms with Gasteiger partial charge in [-0.1, -0.05) is 13.8 Å². The van der Waals surface area contributed by atoms with Crippen LogP contribution in [0.3, 0.4) is 0 Å². The minimum atomic E-state index is -1.12. The van der Waals surface area contributed by atoms with E-state index < -0.39 is 23.8 Å². The highest BCUT2D eigenvalue weighted by molar-refractivity contribution is 6.08. The van der Waals surface area contributed by atoms with Gasteiger partial charge in [0.1, 0.15) is 6.04 Å². The average Bonchev–Trinajstić information content (AvgIpc) is 2.97. The predicted molar refractivity (Wildman–Crippen MR) is 63.0 cm³/mol. The average molecular weight is 267 g/mol. The van der Waals surface area contributed by atoms with Gasteiger partial charge in [-0.2, -0.15) is 0 Å². The van der Waals surface area contributed by atoms with Crippen LogP contribution in [0, 0.1) is 17.8 Å². The molecule has 3 aliphatic heterocycles. The number of rotatable bonds is 3. The Morgan fingerprint density at radius 3 is 2.05 bits per heavy atom. The minimum absolute atomic E-state index is 0.196. The van der Waals surface area contributed by atoms with Gasteiger partial charge in [0.25, 0.3) is 0 Å². The first-order chi connectivity index (χ1) is 8.93. The molecule has 0 aromatic carbocycles. The summed E-state index contributed by atoms with van der Waals surface area (Å²) in [6, 6.07) is -1.06. The van der Waals surface area contributed by atoms with Crippen molar-refractivity contribution in [2.75, 3.05) is 0 Å². The highest BCUT2D eigenvalue weighted by Gasteiger charge is 2.64. The lowest BCUT2D eigenvalue weighted by molar-refractivity contribution is -0.158. The first kappa shape index (κ1) is 12.6. The molecular weight excluding hydrogens is 250 g/mol. The number of likely N-dealkylation sites (tertiary alicyclic amines) is 1. The molecule has 0 radical (unpaired) electrons. The van der Waals surface area contributed by atoms with Gasteiger partial charge in [-0.05, 0) is 18.8 Å². The summed E-state index contributed by atoms with van der Waals surface area (Å²) in [6.07, 6.45) is 1.19. The van der Waals surface area contributed by atoms with Gasteiger partial charge in [-0.3, -0.25) is 14.5 Å². The van der Waals surface area contributed by atoms with Gasteiger partial charge in [0.2, 0.25) is 11.8 Å². The third kappa shape index (κ3) is 1.55. The molecule has 3 saturated heterocycles. The number of imide groups is 1. The Labute approximate surface area is 110 Å². The summed E-state index contributed by atoms with van der Waals surface area (Å²) in [5, 5.41) is 9.27. The highest BCUT2D eigenvalue weighted by Crippen LogP contribution is 2.49. The smallest absolute Gasteiger partial charge is 0.327 e. The Hall–Kier alpha value is -1.43. The van der Waals surface area contributed by atoms with E-state index in [2.05, 4.69) is 0 Å². The number of amides is 2. The summed E-state index contributed by atoms with van der Waals surface area (Å²) in [7, 11) is 0. The van der Waals surface area contributed by atoms with Gasteiger partial charge in [-0.15, -0.1) is 0 Å². The molecule has 104 valence electrons. The molecule has 0 aromatic heterocycles. The molecule has 1 N–H and O–H groups in total. The molecule has 0 spiro atoms. The van der Waals surface area contributed by atoms with Crippen molar-refractivity contribution in [1.29, 1.82) is 0 Å². The van der Waals surface area contributed by atoms with Gasteiger partial charge in [0.05, 0.1) is 24.0 Å². The molecule has 2 amide bonds. The molecule has 6 nitrogen and oxygen atoms in total. The Kier molecular flexibility index (Phi) is 2.67. The van der Waals surface area contributed by atoms with Crippen LogP contribution in [0.4, 0.5) is 0 Å². The summed E-state index contributed by atoms with van der Waals surface area (Å²) in [5.74, 6) is -3.04. The summed E-state index contributed by atoms with van der Waals surface area (Å²) in [6.45, 7) is 3.41. The molecule has 0 aromatic rings. The van der Waals surface area contributed by atoms with E-state index in [1.165, 1.54) is 0 Å². The highest BCUT2D eigenvalue weighted by atomic mass is 16.5. The normalized spacial score (nSPS) is 38.2. The molecule has 5 atom stereocenters. The van der Waals surface area contributed by atoms with E-state index in [4.69, 9.17) is 4.74 Å². The standard InChI is InChI=1S/C13H17NO5/c1-5(2)10(13(17)18)14-11(15)8-6-3-4-7(19-6)9(8)12(14)16/h5-10H,3-4H2,1-2H3,(H,17,18)/t6-,7-,8-,9-,10+/m0/s1. The number of carbonyl (C=O) groups is 3. The molecular formula is C13H17NO5. The fourth-order valence-corrected chi connectivity index (χ4v) is 3.70. The quantitative estimate of drug-likeness (QED) is 0.741. The van der Waals surface area contributed by atoms with Crippen LogP contribution >= 0.6 is 0 Å². The molecule has 6 heteroatoms. The van der Waals surface area contributed by atoms with Crippen molar-refractivity contribution in [3.05, 3.63) is 0 Å². The van der Waals surface area contributed by atoms with E-state index in [0.29, 0.717) is 0 Å². The van der Waals surface area contributed by atoms with Crippen molar-refractivity contribution in [2.45, 2.75) is 44.9 Å². The molecule has 3 fully saturated rings. The summed E-state index contributed by atoms with van der Waals surface area (Å²) in [5.41, 5.74) is 0. The van der Waals surface area contributed by atoms with Crippen LogP contribution in [0.15, 0.2) is 0 Å². The molecule has 3 heterocycles. The fourth-order valence-electron chi connectivity index (χ4n) is 3.70. The summed E-state index contributed by atoms with van der Waals surface area (Å²) < 4.78 is 5.61. The Morgan fingerprint density at radius 2 is 1.68 bits per heavy atom. The van der Waals surface area contributed by atoms with Gasteiger partial charge in [0, 0.05) is 0 Å². The first-order valence-electron chi connectivity index (χ1n) is 6.68. The van der Waals surface area contributed by atoms with E-state index in [9.17, 15) is 19.5 Å². The number of carboxylic acids is 1. The third-order valence-electron chi connectivity index (χ3n) is 4.48. The lowest BCUT2D eigenvalue weighted by Crippen LogP contribution is -2.49. The topological polar surface area (TPSA) is 83.9 Å². The zero-order valence-electron chi connectivity index (χ0n) is 10.9. The number of fused-ring (bicyclic) bond motifs is 5. The monoisotopic (exact) mass is 267 g/mol. The maximum absolute atomic E-state index is 12.4. The largest absolute Gasteiger partial charge is 0.480 e. The van der Waals surface area contributed by atoms with Gasteiger partial charge < -0.3 is 9.84 Å². The number of hydrogen-bond donors (Lipinski definition) is 1. The predicted octanol–water partition coefficient (Wildman–Crippen LogP) is 0.258. The minimum Gasteiger partial charge on any atom is -0.480 e. The number of aliphatic carboxylic acids is 1. The number of carboxylic acid groups (broad SMARTS) is 1. The van der Waals surface area contributed by atoms with Crippen molar-refractivity contribution in [2.24, 2.45) is 17.8 Å². The van der Waals surface area contributed by atoms with Crippen LogP contribution in [0.5, 0.6) is 0 Å². The van der Waals surface area contributed by atoms with Crippen LogP contribution in [0.1, 0.15) is 26.7 Å². The number of carbonyl (C=O) groups excluding carboxylic acids is 2. The number of nitrogens with zero attached hydrogens (tertiary/aromatic N) is 1. The van der Waals surface area contributed by atoms with Crippen LogP contribution in [0.2, 0.25) is 0 Å². The molecule has 3 aliphatic rings. The molecule has 0 saturated carbocycles. The van der Waals surface area contributed by atoms with Crippen molar-refractivity contribution in [1.82, 2.24) is 4.90 Å². The van der Waals surface area contributed by atoms with Crippen molar-refractivity contribution in [3.63, 3.8) is 0 Å². The van der Waals surface area contributed by atoms with Crippen molar-refractivity contribution in [3.8, 4) is 0 Å². The van der Waals surface area contributed by atoms with Gasteiger partial charge >= 0.3 is 5.97 Å². The van der Waals surface area contributed by atoms with Crippen molar-refractivity contribution >= 4 is 17.8 Å². The van der Waals surface area contributed by atoms with Gasteiger partial charge in [-0.25, -0.2) is 4.79 Å². The summed E-state index contributed by atoms with van der Waals surface area (Å²) in [4.78, 5) is 37.1. The fraction of sp³-hybridized carbons (Fsp3) is 0.769. The first-order valence-corrected chi connectivity index (χ1v) is 6.68. The van der Waals surface area contributed by atoms with E-state index in [0.717, 1.165) is 17.7 Å². The van der Waals surface area contributed by atoms with Crippen LogP contribution in [0.25, 0.3) is 0 Å². The van der Waals surface area contributed by atoms with Gasteiger partial charge in [0.15, 0.2) is 0 Å². The number of hydrogen-bond acceptors (Lipinski definition) is 4. The maximum Gasteiger partial charge on any atom is 0.327 e. The van der Waals surface area contributed by atoms with Crippen LogP contribution in [-0.2, 0) is 19.1 Å². The Balaban J connectivity index is 1.94. The molecule has 19 heavy (non-hydrogen) atoms. The molecule has 0 aliphatic carbocycles. The zero-order valence-corrected chi connectivity index (χ0v) is 10.9. The number of ether oxygens (including phenoxy) is 1. The lowest BCUT2D eigenvalue weighted by Gasteiger charge is -2.27. The second-order valence-corrected chi connectivity index (χ2v) is 5.92. The molecule has 2 bridgehead atoms. The second-order valence-electron chi connectivity index (χ2n) is 5.92. The Morgan fingerprint density at radius 1 is 1.21 bits per heavy atom.